The van der Waals surface area contributed by atoms with E-state index in [0.717, 1.165) is 0 Å². The van der Waals surface area contributed by atoms with E-state index in [1.54, 1.807) is 27.7 Å². The Balaban J connectivity index is 4.49. The molecule has 0 aromatic carbocycles. The summed E-state index contributed by atoms with van der Waals surface area (Å²) < 4.78 is 0. The first-order chi connectivity index (χ1) is 10.6. The third-order valence-electron chi connectivity index (χ3n) is 3.12. The summed E-state index contributed by atoms with van der Waals surface area (Å²) in [5.74, 6) is -3.10. The molecule has 0 aliphatic carbocycles. The van der Waals surface area contributed by atoms with E-state index >= 15 is 0 Å². The highest BCUT2D eigenvalue weighted by atomic mass is 16.4. The predicted octanol–water partition coefficient (Wildman–Crippen LogP) is -1.57. The lowest BCUT2D eigenvalue weighted by Gasteiger charge is -2.22. The van der Waals surface area contributed by atoms with Crippen LogP contribution in [-0.2, 0) is 19.2 Å². The zero-order valence-electron chi connectivity index (χ0n) is 13.9. The molecule has 0 radical (unpaired) electrons. The number of aliphatic carboxylic acids is 1. The number of amides is 3. The minimum absolute atomic E-state index is 0.0664. The number of carboxylic acid groups (broad SMARTS) is 1. The Labute approximate surface area is 135 Å². The Morgan fingerprint density at radius 1 is 0.913 bits per heavy atom. The number of nitrogens with two attached hydrogens (primary N) is 1. The molecule has 9 heteroatoms. The first kappa shape index (κ1) is 20.8. The van der Waals surface area contributed by atoms with Crippen molar-refractivity contribution in [2.75, 3.05) is 13.1 Å². The average Bonchev–Trinajstić information content (AvgIpc) is 2.46. The molecule has 0 fully saturated rings. The third kappa shape index (κ3) is 8.15. The van der Waals surface area contributed by atoms with Gasteiger partial charge in [0.2, 0.25) is 17.7 Å². The number of hydrogen-bond donors (Lipinski definition) is 5. The Bertz CT molecular complexity index is 450. The van der Waals surface area contributed by atoms with E-state index in [4.69, 9.17) is 10.8 Å². The van der Waals surface area contributed by atoms with Gasteiger partial charge in [0, 0.05) is 0 Å². The summed E-state index contributed by atoms with van der Waals surface area (Å²) in [6.07, 6.45) is 0. The van der Waals surface area contributed by atoms with Crippen LogP contribution in [-0.4, -0.2) is 54.0 Å². The molecule has 6 N–H and O–H groups in total. The third-order valence-corrected chi connectivity index (χ3v) is 3.12. The Hall–Kier alpha value is -2.16. The minimum Gasteiger partial charge on any atom is -0.480 e. The molecule has 2 atom stereocenters. The quantitative estimate of drug-likeness (QED) is 0.344. The summed E-state index contributed by atoms with van der Waals surface area (Å²) in [4.78, 5) is 45.8. The molecule has 0 bridgehead atoms. The highest BCUT2D eigenvalue weighted by Crippen LogP contribution is 2.02. The van der Waals surface area contributed by atoms with Crippen LogP contribution in [0.3, 0.4) is 0 Å². The maximum Gasteiger partial charge on any atom is 0.322 e. The topological polar surface area (TPSA) is 151 Å². The van der Waals surface area contributed by atoms with Crippen LogP contribution in [0.4, 0.5) is 0 Å². The molecule has 0 heterocycles. The van der Waals surface area contributed by atoms with Crippen LogP contribution in [0.5, 0.6) is 0 Å². The fourth-order valence-electron chi connectivity index (χ4n) is 1.62. The van der Waals surface area contributed by atoms with Gasteiger partial charge in [0.15, 0.2) is 0 Å². The first-order valence-electron chi connectivity index (χ1n) is 7.38. The number of nitrogens with one attached hydrogen (secondary N) is 3. The first-order valence-corrected chi connectivity index (χ1v) is 7.38. The van der Waals surface area contributed by atoms with Crippen molar-refractivity contribution in [2.45, 2.75) is 39.8 Å². The van der Waals surface area contributed by atoms with Gasteiger partial charge in [0.25, 0.3) is 0 Å². The maximum atomic E-state index is 11.9. The molecule has 0 aliphatic heterocycles. The van der Waals surface area contributed by atoms with Gasteiger partial charge in [-0.1, -0.05) is 27.7 Å². The van der Waals surface area contributed by atoms with E-state index in [1.165, 1.54) is 0 Å². The fraction of sp³-hybridized carbons (Fsp3) is 0.714. The van der Waals surface area contributed by atoms with Gasteiger partial charge in [-0.05, 0) is 11.8 Å². The summed E-state index contributed by atoms with van der Waals surface area (Å²) in [6.45, 7) is 6.14. The van der Waals surface area contributed by atoms with Crippen molar-refractivity contribution < 1.29 is 24.3 Å². The maximum absolute atomic E-state index is 11.9. The smallest absolute Gasteiger partial charge is 0.322 e. The van der Waals surface area contributed by atoms with Gasteiger partial charge in [0.05, 0.1) is 12.6 Å². The molecule has 23 heavy (non-hydrogen) atoms. The van der Waals surface area contributed by atoms with E-state index in [2.05, 4.69) is 16.0 Å². The van der Waals surface area contributed by atoms with Crippen molar-refractivity contribution in [3.63, 3.8) is 0 Å². The monoisotopic (exact) mass is 330 g/mol. The Morgan fingerprint density at radius 2 is 1.43 bits per heavy atom. The number of carbonyl (C=O) groups excluding carboxylic acids is 3. The number of carboxylic acids is 1. The van der Waals surface area contributed by atoms with Crippen molar-refractivity contribution in [3.8, 4) is 0 Å². The molecule has 0 aromatic heterocycles. The normalized spacial score (nSPS) is 13.3. The molecule has 0 aromatic rings. The fourth-order valence-corrected chi connectivity index (χ4v) is 1.62. The Morgan fingerprint density at radius 3 is 1.87 bits per heavy atom. The summed E-state index contributed by atoms with van der Waals surface area (Å²) in [6, 6.07) is -1.61. The van der Waals surface area contributed by atoms with Gasteiger partial charge in [-0.3, -0.25) is 19.2 Å². The zero-order valence-corrected chi connectivity index (χ0v) is 13.9. The molecule has 3 amide bonds. The molecule has 0 aliphatic rings. The van der Waals surface area contributed by atoms with Gasteiger partial charge in [-0.2, -0.15) is 0 Å². The molecule has 0 spiro atoms. The van der Waals surface area contributed by atoms with Crippen LogP contribution in [0.25, 0.3) is 0 Å². The highest BCUT2D eigenvalue weighted by molar-refractivity contribution is 5.92. The van der Waals surface area contributed by atoms with Gasteiger partial charge in [0.1, 0.15) is 12.6 Å². The number of carbonyl (C=O) groups is 4. The molecular weight excluding hydrogens is 304 g/mol. The predicted molar refractivity (Wildman–Crippen MR) is 83.2 cm³/mol. The van der Waals surface area contributed by atoms with Crippen molar-refractivity contribution in [3.05, 3.63) is 0 Å². The van der Waals surface area contributed by atoms with Crippen LogP contribution < -0.4 is 21.7 Å². The van der Waals surface area contributed by atoms with Gasteiger partial charge < -0.3 is 26.8 Å². The summed E-state index contributed by atoms with van der Waals surface area (Å²) >= 11 is 0. The SMILES string of the molecule is CC(C)[C@H](N)C(=O)NCC(=O)N[C@H](C(=O)NCC(=O)O)C(C)C. The molecular formula is C14H26N4O5. The van der Waals surface area contributed by atoms with Crippen molar-refractivity contribution >= 4 is 23.7 Å². The Kier molecular flexibility index (Phi) is 8.86. The van der Waals surface area contributed by atoms with Crippen molar-refractivity contribution in [1.82, 2.24) is 16.0 Å². The van der Waals surface area contributed by atoms with Crippen LogP contribution in [0.15, 0.2) is 0 Å². The van der Waals surface area contributed by atoms with Gasteiger partial charge >= 0.3 is 5.97 Å². The molecule has 132 valence electrons. The number of rotatable bonds is 9. The largest absolute Gasteiger partial charge is 0.480 e. The molecule has 9 nitrogen and oxygen atoms in total. The number of hydrogen-bond acceptors (Lipinski definition) is 5. The van der Waals surface area contributed by atoms with E-state index in [1.807, 2.05) is 0 Å². The lowest BCUT2D eigenvalue weighted by atomic mass is 10.0. The van der Waals surface area contributed by atoms with Crippen LogP contribution in [0.1, 0.15) is 27.7 Å². The second kappa shape index (κ2) is 9.78. The molecule has 0 saturated heterocycles. The van der Waals surface area contributed by atoms with Crippen molar-refractivity contribution in [2.24, 2.45) is 17.6 Å². The second-order valence-electron chi connectivity index (χ2n) is 5.89. The summed E-state index contributed by atoms with van der Waals surface area (Å²) in [7, 11) is 0. The van der Waals surface area contributed by atoms with Gasteiger partial charge in [-0.15, -0.1) is 0 Å². The zero-order chi connectivity index (χ0) is 18.2. The molecule has 0 saturated carbocycles. The second-order valence-corrected chi connectivity index (χ2v) is 5.89. The van der Waals surface area contributed by atoms with E-state index in [0.29, 0.717) is 0 Å². The van der Waals surface area contributed by atoms with Crippen LogP contribution in [0.2, 0.25) is 0 Å². The van der Waals surface area contributed by atoms with Gasteiger partial charge in [-0.25, -0.2) is 0 Å². The molecule has 0 unspecified atom stereocenters. The van der Waals surface area contributed by atoms with Crippen LogP contribution in [0, 0.1) is 11.8 Å². The standard InChI is InChI=1S/C14H26N4O5/c1-7(2)11(15)13(22)16-5-9(19)18-12(8(3)4)14(23)17-6-10(20)21/h7-8,11-12H,5-6,15H2,1-4H3,(H,16,22)(H,17,23)(H,18,19)(H,20,21)/t11-,12-/m0/s1. The van der Waals surface area contributed by atoms with Crippen molar-refractivity contribution in [1.29, 1.82) is 0 Å². The highest BCUT2D eigenvalue weighted by Gasteiger charge is 2.25. The lowest BCUT2D eigenvalue weighted by Crippen LogP contribution is -2.53. The lowest BCUT2D eigenvalue weighted by molar-refractivity contribution is -0.138. The van der Waals surface area contributed by atoms with E-state index in [-0.39, 0.29) is 18.4 Å². The summed E-state index contributed by atoms with van der Waals surface area (Å²) in [5, 5.41) is 15.6. The summed E-state index contributed by atoms with van der Waals surface area (Å²) in [5.41, 5.74) is 5.65. The average molecular weight is 330 g/mol. The van der Waals surface area contributed by atoms with E-state index in [9.17, 15) is 19.2 Å². The molecule has 0 rings (SSSR count). The van der Waals surface area contributed by atoms with E-state index < -0.39 is 42.3 Å². The minimum atomic E-state index is -1.18. The van der Waals surface area contributed by atoms with Crippen LogP contribution >= 0.6 is 0 Å².